The van der Waals surface area contributed by atoms with Gasteiger partial charge in [-0.2, -0.15) is 0 Å². The quantitative estimate of drug-likeness (QED) is 0.858. The summed E-state index contributed by atoms with van der Waals surface area (Å²) >= 11 is 0. The van der Waals surface area contributed by atoms with Gasteiger partial charge in [0.15, 0.2) is 0 Å². The molecule has 2 rings (SSSR count). The van der Waals surface area contributed by atoms with Crippen LogP contribution in [0.2, 0.25) is 0 Å². The summed E-state index contributed by atoms with van der Waals surface area (Å²) in [5.74, 6) is 0.523. The molecule has 0 bridgehead atoms. The third kappa shape index (κ3) is 4.19. The Hall–Kier alpha value is -2.09. The van der Waals surface area contributed by atoms with Crippen LogP contribution in [0.3, 0.4) is 0 Å². The van der Waals surface area contributed by atoms with E-state index in [2.05, 4.69) is 31.3 Å². The second kappa shape index (κ2) is 7.07. The number of nitrogens with one attached hydrogen (secondary N) is 1. The zero-order valence-corrected chi connectivity index (χ0v) is 13.0. The average Bonchev–Trinajstić information content (AvgIpc) is 2.47. The van der Waals surface area contributed by atoms with Gasteiger partial charge in [-0.15, -0.1) is 0 Å². The van der Waals surface area contributed by atoms with E-state index in [1.807, 2.05) is 49.4 Å². The highest BCUT2D eigenvalue weighted by atomic mass is 16.1. The van der Waals surface area contributed by atoms with Crippen LogP contribution in [-0.2, 0) is 0 Å². The normalized spacial score (nSPS) is 12.2. The molecule has 0 aromatic heterocycles. The van der Waals surface area contributed by atoms with Crippen molar-refractivity contribution in [2.45, 2.75) is 33.2 Å². The van der Waals surface area contributed by atoms with Crippen LogP contribution in [0, 0.1) is 12.8 Å². The Labute approximate surface area is 127 Å². The van der Waals surface area contributed by atoms with Crippen LogP contribution >= 0.6 is 0 Å². The van der Waals surface area contributed by atoms with Gasteiger partial charge in [-0.1, -0.05) is 62.4 Å². The minimum absolute atomic E-state index is 0.00241. The van der Waals surface area contributed by atoms with Crippen molar-refractivity contribution in [3.63, 3.8) is 0 Å². The number of aryl methyl sites for hydroxylation is 1. The fraction of sp³-hybridized carbons (Fsp3) is 0.316. The first-order valence-corrected chi connectivity index (χ1v) is 7.49. The Kier molecular flexibility index (Phi) is 5.15. The molecule has 0 saturated heterocycles. The largest absolute Gasteiger partial charge is 0.345 e. The first kappa shape index (κ1) is 15.3. The molecule has 2 aromatic rings. The van der Waals surface area contributed by atoms with Gasteiger partial charge < -0.3 is 5.32 Å². The van der Waals surface area contributed by atoms with Crippen LogP contribution < -0.4 is 5.32 Å². The lowest BCUT2D eigenvalue weighted by Gasteiger charge is -2.21. The Balaban J connectivity index is 2.19. The average molecular weight is 281 g/mol. The summed E-state index contributed by atoms with van der Waals surface area (Å²) in [6, 6.07) is 17.9. The Morgan fingerprint density at radius 2 is 1.62 bits per heavy atom. The lowest BCUT2D eigenvalue weighted by atomic mass is 9.96. The van der Waals surface area contributed by atoms with Crippen molar-refractivity contribution in [2.75, 3.05) is 0 Å². The molecule has 0 aliphatic carbocycles. The molecule has 110 valence electrons. The van der Waals surface area contributed by atoms with Gasteiger partial charge in [-0.3, -0.25) is 4.79 Å². The van der Waals surface area contributed by atoms with Crippen molar-refractivity contribution in [3.05, 3.63) is 71.3 Å². The molecule has 0 saturated carbocycles. The van der Waals surface area contributed by atoms with Crippen molar-refractivity contribution in [3.8, 4) is 0 Å². The fourth-order valence-corrected chi connectivity index (χ4v) is 2.50. The van der Waals surface area contributed by atoms with Crippen LogP contribution in [0.15, 0.2) is 54.6 Å². The smallest absolute Gasteiger partial charge is 0.252 e. The van der Waals surface area contributed by atoms with E-state index < -0.39 is 0 Å². The van der Waals surface area contributed by atoms with E-state index in [9.17, 15) is 4.79 Å². The summed E-state index contributed by atoms with van der Waals surface area (Å²) in [6.45, 7) is 6.32. The molecule has 2 nitrogen and oxygen atoms in total. The highest BCUT2D eigenvalue weighted by molar-refractivity contribution is 5.95. The Morgan fingerprint density at radius 3 is 2.24 bits per heavy atom. The number of carbonyl (C=O) groups is 1. The van der Waals surface area contributed by atoms with Gasteiger partial charge in [-0.25, -0.2) is 0 Å². The second-order valence-electron chi connectivity index (χ2n) is 5.88. The molecule has 0 unspecified atom stereocenters. The molecule has 1 atom stereocenters. The monoisotopic (exact) mass is 281 g/mol. The summed E-state index contributed by atoms with van der Waals surface area (Å²) in [5.41, 5.74) is 2.92. The highest BCUT2D eigenvalue weighted by Crippen LogP contribution is 2.22. The molecule has 21 heavy (non-hydrogen) atoms. The van der Waals surface area contributed by atoms with Gasteiger partial charge in [0.25, 0.3) is 5.91 Å². The van der Waals surface area contributed by atoms with Gasteiger partial charge in [0.1, 0.15) is 0 Å². The zero-order chi connectivity index (χ0) is 15.2. The number of rotatable bonds is 5. The summed E-state index contributed by atoms with van der Waals surface area (Å²) < 4.78 is 0. The zero-order valence-electron chi connectivity index (χ0n) is 13.0. The fourth-order valence-electron chi connectivity index (χ4n) is 2.50. The third-order valence-corrected chi connectivity index (χ3v) is 3.60. The van der Waals surface area contributed by atoms with Crippen LogP contribution in [-0.4, -0.2) is 5.91 Å². The standard InChI is InChI=1S/C19H23NO/c1-14(2)13-18(16-10-5-4-6-11-16)20-19(21)17-12-8-7-9-15(17)3/h4-12,14,18H,13H2,1-3H3,(H,20,21)/t18-/m0/s1. The second-order valence-corrected chi connectivity index (χ2v) is 5.88. The summed E-state index contributed by atoms with van der Waals surface area (Å²) in [6.07, 6.45) is 0.932. The SMILES string of the molecule is Cc1ccccc1C(=O)N[C@@H](CC(C)C)c1ccccc1. The minimum Gasteiger partial charge on any atom is -0.345 e. The first-order chi connectivity index (χ1) is 10.1. The number of amides is 1. The van der Waals surface area contributed by atoms with Crippen LogP contribution in [0.4, 0.5) is 0 Å². The van der Waals surface area contributed by atoms with Crippen LogP contribution in [0.5, 0.6) is 0 Å². The van der Waals surface area contributed by atoms with Gasteiger partial charge in [0, 0.05) is 5.56 Å². The molecule has 0 spiro atoms. The molecule has 0 aliphatic heterocycles. The first-order valence-electron chi connectivity index (χ1n) is 7.49. The summed E-state index contributed by atoms with van der Waals surface area (Å²) in [5, 5.41) is 3.18. The molecule has 2 aromatic carbocycles. The molecular weight excluding hydrogens is 258 g/mol. The van der Waals surface area contributed by atoms with Crippen molar-refractivity contribution in [1.29, 1.82) is 0 Å². The molecule has 0 radical (unpaired) electrons. The number of benzene rings is 2. The highest BCUT2D eigenvalue weighted by Gasteiger charge is 2.17. The third-order valence-electron chi connectivity index (χ3n) is 3.60. The molecule has 0 aliphatic rings. The maximum absolute atomic E-state index is 12.5. The van der Waals surface area contributed by atoms with Crippen molar-refractivity contribution in [1.82, 2.24) is 5.32 Å². The van der Waals surface area contributed by atoms with E-state index in [4.69, 9.17) is 0 Å². The number of hydrogen-bond donors (Lipinski definition) is 1. The number of hydrogen-bond acceptors (Lipinski definition) is 1. The van der Waals surface area contributed by atoms with E-state index >= 15 is 0 Å². The van der Waals surface area contributed by atoms with Crippen molar-refractivity contribution in [2.24, 2.45) is 5.92 Å². The van der Waals surface area contributed by atoms with Crippen LogP contribution in [0.1, 0.15) is 47.8 Å². The maximum atomic E-state index is 12.5. The van der Waals surface area contributed by atoms with Gasteiger partial charge >= 0.3 is 0 Å². The number of carbonyl (C=O) groups excluding carboxylic acids is 1. The molecule has 1 N–H and O–H groups in total. The van der Waals surface area contributed by atoms with E-state index in [-0.39, 0.29) is 11.9 Å². The Morgan fingerprint density at radius 1 is 1.00 bits per heavy atom. The summed E-state index contributed by atoms with van der Waals surface area (Å²) in [4.78, 5) is 12.5. The Bertz CT molecular complexity index is 590. The van der Waals surface area contributed by atoms with E-state index in [0.717, 1.165) is 23.1 Å². The minimum atomic E-state index is 0.00241. The molecule has 1 amide bonds. The molecule has 0 fully saturated rings. The lowest BCUT2D eigenvalue weighted by Crippen LogP contribution is -2.30. The van der Waals surface area contributed by atoms with Crippen molar-refractivity contribution < 1.29 is 4.79 Å². The molecular formula is C19H23NO. The predicted molar refractivity (Wildman–Crippen MR) is 87.3 cm³/mol. The maximum Gasteiger partial charge on any atom is 0.252 e. The topological polar surface area (TPSA) is 29.1 Å². The van der Waals surface area contributed by atoms with E-state index in [1.54, 1.807) is 0 Å². The molecule has 2 heteroatoms. The van der Waals surface area contributed by atoms with Gasteiger partial charge in [0.2, 0.25) is 0 Å². The van der Waals surface area contributed by atoms with Gasteiger partial charge in [0.05, 0.1) is 6.04 Å². The lowest BCUT2D eigenvalue weighted by molar-refractivity contribution is 0.0931. The summed E-state index contributed by atoms with van der Waals surface area (Å²) in [7, 11) is 0. The van der Waals surface area contributed by atoms with Crippen LogP contribution in [0.25, 0.3) is 0 Å². The van der Waals surface area contributed by atoms with E-state index in [0.29, 0.717) is 5.92 Å². The molecule has 0 heterocycles. The predicted octanol–water partition coefficient (Wildman–Crippen LogP) is 4.51. The van der Waals surface area contributed by atoms with E-state index in [1.165, 1.54) is 0 Å². The van der Waals surface area contributed by atoms with Gasteiger partial charge in [-0.05, 0) is 36.5 Å². The van der Waals surface area contributed by atoms with Crippen molar-refractivity contribution >= 4 is 5.91 Å².